The minimum absolute atomic E-state index is 0.259. The average molecular weight is 387 g/mol. The van der Waals surface area contributed by atoms with Crippen LogP contribution in [0, 0.1) is 6.92 Å². The minimum atomic E-state index is 0.259. The van der Waals surface area contributed by atoms with Crippen LogP contribution in [-0.2, 0) is 11.2 Å². The van der Waals surface area contributed by atoms with Gasteiger partial charge in [-0.2, -0.15) is 0 Å². The van der Waals surface area contributed by atoms with Crippen molar-refractivity contribution in [2.75, 3.05) is 31.1 Å². The summed E-state index contributed by atoms with van der Waals surface area (Å²) in [5.41, 5.74) is 3.74. The first-order chi connectivity index (χ1) is 11.6. The molecule has 0 bridgehead atoms. The maximum atomic E-state index is 12.5. The van der Waals surface area contributed by atoms with Crippen LogP contribution in [0.4, 0.5) is 5.69 Å². The van der Waals surface area contributed by atoms with Crippen LogP contribution < -0.4 is 4.90 Å². The lowest BCUT2D eigenvalue weighted by Gasteiger charge is -2.36. The summed E-state index contributed by atoms with van der Waals surface area (Å²) in [4.78, 5) is 16.8. The first-order valence-corrected chi connectivity index (χ1v) is 9.25. The van der Waals surface area contributed by atoms with Crippen LogP contribution in [0.5, 0.6) is 0 Å². The van der Waals surface area contributed by atoms with Crippen molar-refractivity contribution in [1.82, 2.24) is 4.90 Å². The van der Waals surface area contributed by atoms with Gasteiger partial charge in [-0.25, -0.2) is 0 Å². The lowest BCUT2D eigenvalue weighted by molar-refractivity contribution is -0.131. The SMILES string of the molecule is Cc1cccc(N2CCN(C(=O)CCc3ccccc3Br)CC2)c1. The molecule has 4 heteroatoms. The van der Waals surface area contributed by atoms with Gasteiger partial charge in [-0.05, 0) is 42.7 Å². The Balaban J connectivity index is 1.51. The number of anilines is 1. The first kappa shape index (κ1) is 17.0. The molecule has 0 atom stereocenters. The minimum Gasteiger partial charge on any atom is -0.368 e. The molecule has 1 heterocycles. The molecule has 0 radical (unpaired) electrons. The van der Waals surface area contributed by atoms with Gasteiger partial charge in [0.1, 0.15) is 0 Å². The van der Waals surface area contributed by atoms with E-state index in [0.29, 0.717) is 6.42 Å². The van der Waals surface area contributed by atoms with Gasteiger partial charge in [0.2, 0.25) is 5.91 Å². The molecule has 0 saturated carbocycles. The lowest BCUT2D eigenvalue weighted by atomic mass is 10.1. The van der Waals surface area contributed by atoms with Crippen molar-refractivity contribution in [3.8, 4) is 0 Å². The van der Waals surface area contributed by atoms with Crippen molar-refractivity contribution < 1.29 is 4.79 Å². The predicted octanol–water partition coefficient (Wildman–Crippen LogP) is 4.04. The van der Waals surface area contributed by atoms with Crippen LogP contribution in [0.2, 0.25) is 0 Å². The van der Waals surface area contributed by atoms with Crippen molar-refractivity contribution in [1.29, 1.82) is 0 Å². The van der Waals surface area contributed by atoms with Gasteiger partial charge < -0.3 is 9.80 Å². The molecular formula is C20H23BrN2O. The Hall–Kier alpha value is -1.81. The summed E-state index contributed by atoms with van der Waals surface area (Å²) in [5.74, 6) is 0.259. The largest absolute Gasteiger partial charge is 0.368 e. The Labute approximate surface area is 152 Å². The monoisotopic (exact) mass is 386 g/mol. The molecule has 2 aromatic rings. The molecule has 2 aromatic carbocycles. The molecule has 0 unspecified atom stereocenters. The van der Waals surface area contributed by atoms with Crippen molar-refractivity contribution in [3.05, 3.63) is 64.1 Å². The van der Waals surface area contributed by atoms with Crippen LogP contribution in [0.1, 0.15) is 17.5 Å². The smallest absolute Gasteiger partial charge is 0.223 e. The summed E-state index contributed by atoms with van der Waals surface area (Å²) < 4.78 is 1.09. The zero-order valence-corrected chi connectivity index (χ0v) is 15.6. The van der Waals surface area contributed by atoms with Gasteiger partial charge in [-0.3, -0.25) is 4.79 Å². The van der Waals surface area contributed by atoms with Crippen molar-refractivity contribution in [2.24, 2.45) is 0 Å². The second-order valence-electron chi connectivity index (χ2n) is 6.30. The first-order valence-electron chi connectivity index (χ1n) is 8.46. The third-order valence-corrected chi connectivity index (χ3v) is 5.34. The second kappa shape index (κ2) is 7.84. The lowest BCUT2D eigenvalue weighted by Crippen LogP contribution is -2.48. The summed E-state index contributed by atoms with van der Waals surface area (Å²) in [6, 6.07) is 16.7. The number of hydrogen-bond acceptors (Lipinski definition) is 2. The number of nitrogens with zero attached hydrogens (tertiary/aromatic N) is 2. The fourth-order valence-electron chi connectivity index (χ4n) is 3.14. The molecule has 1 saturated heterocycles. The molecule has 3 nitrogen and oxygen atoms in total. The summed E-state index contributed by atoms with van der Waals surface area (Å²) in [6.07, 6.45) is 1.37. The molecule has 1 aliphatic rings. The zero-order valence-electron chi connectivity index (χ0n) is 14.0. The summed E-state index contributed by atoms with van der Waals surface area (Å²) >= 11 is 3.55. The van der Waals surface area contributed by atoms with E-state index in [1.165, 1.54) is 16.8 Å². The van der Waals surface area contributed by atoms with Gasteiger partial charge in [0, 0.05) is 42.8 Å². The fraction of sp³-hybridized carbons (Fsp3) is 0.350. The molecule has 126 valence electrons. The summed E-state index contributed by atoms with van der Waals surface area (Å²) in [6.45, 7) is 5.55. The van der Waals surface area contributed by atoms with E-state index in [1.54, 1.807) is 0 Å². The molecular weight excluding hydrogens is 364 g/mol. The predicted molar refractivity (Wildman–Crippen MR) is 102 cm³/mol. The van der Waals surface area contributed by atoms with Gasteiger partial charge in [0.25, 0.3) is 0 Å². The highest BCUT2D eigenvalue weighted by Gasteiger charge is 2.21. The standard InChI is InChI=1S/C20H23BrN2O/c1-16-5-4-7-18(15-16)22-11-13-23(14-12-22)20(24)10-9-17-6-2-3-8-19(17)21/h2-8,15H,9-14H2,1H3. The highest BCUT2D eigenvalue weighted by atomic mass is 79.9. The van der Waals surface area contributed by atoms with Crippen LogP contribution in [0.3, 0.4) is 0 Å². The third-order valence-electron chi connectivity index (χ3n) is 4.57. The molecule has 1 aliphatic heterocycles. The van der Waals surface area contributed by atoms with Crippen LogP contribution in [-0.4, -0.2) is 37.0 Å². The molecule has 24 heavy (non-hydrogen) atoms. The molecule has 3 rings (SSSR count). The maximum absolute atomic E-state index is 12.5. The number of piperazine rings is 1. The zero-order chi connectivity index (χ0) is 16.9. The number of hydrogen-bond donors (Lipinski definition) is 0. The van der Waals surface area contributed by atoms with Gasteiger partial charge in [-0.15, -0.1) is 0 Å². The Kier molecular flexibility index (Phi) is 5.56. The highest BCUT2D eigenvalue weighted by molar-refractivity contribution is 9.10. The van der Waals surface area contributed by atoms with Crippen molar-refractivity contribution >= 4 is 27.5 Å². The van der Waals surface area contributed by atoms with E-state index < -0.39 is 0 Å². The van der Waals surface area contributed by atoms with Crippen LogP contribution in [0.15, 0.2) is 53.0 Å². The van der Waals surface area contributed by atoms with Crippen molar-refractivity contribution in [3.63, 3.8) is 0 Å². The molecule has 0 aromatic heterocycles. The van der Waals surface area contributed by atoms with Crippen molar-refractivity contribution in [2.45, 2.75) is 19.8 Å². The van der Waals surface area contributed by atoms with Gasteiger partial charge in [-0.1, -0.05) is 46.3 Å². The molecule has 1 fully saturated rings. The molecule has 0 N–H and O–H groups in total. The van der Waals surface area contributed by atoms with E-state index >= 15 is 0 Å². The number of halogens is 1. The van der Waals surface area contributed by atoms with Crippen LogP contribution >= 0.6 is 15.9 Å². The van der Waals surface area contributed by atoms with E-state index in [1.807, 2.05) is 23.1 Å². The van der Waals surface area contributed by atoms with Crippen LogP contribution in [0.25, 0.3) is 0 Å². The number of carbonyl (C=O) groups is 1. The van der Waals surface area contributed by atoms with E-state index in [-0.39, 0.29) is 5.91 Å². The number of carbonyl (C=O) groups excluding carboxylic acids is 1. The second-order valence-corrected chi connectivity index (χ2v) is 7.15. The van der Waals surface area contributed by atoms with Gasteiger partial charge in [0.15, 0.2) is 0 Å². The number of amides is 1. The number of aryl methyl sites for hydroxylation is 2. The average Bonchev–Trinajstić information content (AvgIpc) is 2.61. The third kappa shape index (κ3) is 4.18. The van der Waals surface area contributed by atoms with E-state index in [4.69, 9.17) is 0 Å². The van der Waals surface area contributed by atoms with Gasteiger partial charge >= 0.3 is 0 Å². The Bertz CT molecular complexity index is 708. The quantitative estimate of drug-likeness (QED) is 0.791. The molecule has 0 spiro atoms. The number of benzene rings is 2. The van der Waals surface area contributed by atoms with E-state index in [9.17, 15) is 4.79 Å². The highest BCUT2D eigenvalue weighted by Crippen LogP contribution is 2.20. The fourth-order valence-corrected chi connectivity index (χ4v) is 3.62. The summed E-state index contributed by atoms with van der Waals surface area (Å²) in [5, 5.41) is 0. The molecule has 1 amide bonds. The van der Waals surface area contributed by atoms with E-state index in [2.05, 4.69) is 58.1 Å². The Morgan fingerprint density at radius 2 is 1.79 bits per heavy atom. The van der Waals surface area contributed by atoms with E-state index in [0.717, 1.165) is 37.1 Å². The van der Waals surface area contributed by atoms with Gasteiger partial charge in [0.05, 0.1) is 0 Å². The maximum Gasteiger partial charge on any atom is 0.223 e. The topological polar surface area (TPSA) is 23.6 Å². The summed E-state index contributed by atoms with van der Waals surface area (Å²) in [7, 11) is 0. The Morgan fingerprint density at radius 3 is 2.50 bits per heavy atom. The molecule has 0 aliphatic carbocycles. The Morgan fingerprint density at radius 1 is 1.04 bits per heavy atom. The normalized spacial score (nSPS) is 14.8. The number of rotatable bonds is 4.